The first-order valence-corrected chi connectivity index (χ1v) is 5.30. The molecule has 1 aliphatic heterocycles. The Morgan fingerprint density at radius 2 is 2.33 bits per heavy atom. The molecule has 68 valence electrons. The molecule has 0 aliphatic carbocycles. The molecule has 1 rings (SSSR count). The van der Waals surface area contributed by atoms with Gasteiger partial charge in [0.25, 0.3) is 0 Å². The topological polar surface area (TPSA) is 76.0 Å². The molecule has 0 bridgehead atoms. The molecule has 0 spiro atoms. The van der Waals surface area contributed by atoms with Gasteiger partial charge in [-0.1, -0.05) is 0 Å². The molecule has 5 nitrogen and oxygen atoms in total. The van der Waals surface area contributed by atoms with Crippen LogP contribution in [0.15, 0.2) is 0 Å². The molecule has 0 aromatic rings. The standard InChI is InChI=1S/C5H10BO5P/c6-5-1-4(2-10-5)11-3-12(7,8)9/h4-5H,1-3H2,(H2,7,8,9)/t4-,5+/m0/s1. The highest BCUT2D eigenvalue weighted by atomic mass is 31.2. The van der Waals surface area contributed by atoms with Gasteiger partial charge in [-0.3, -0.25) is 4.57 Å². The molecule has 2 radical (unpaired) electrons. The summed E-state index contributed by atoms with van der Waals surface area (Å²) in [4.78, 5) is 16.9. The molecule has 1 fully saturated rings. The van der Waals surface area contributed by atoms with Crippen molar-refractivity contribution in [1.29, 1.82) is 0 Å². The van der Waals surface area contributed by atoms with Crippen LogP contribution in [0.2, 0.25) is 0 Å². The minimum absolute atomic E-state index is 0.285. The molecule has 2 atom stereocenters. The number of ether oxygens (including phenoxy) is 2. The lowest BCUT2D eigenvalue weighted by Gasteiger charge is -2.10. The van der Waals surface area contributed by atoms with Crippen molar-refractivity contribution in [3.8, 4) is 0 Å². The molecule has 7 heteroatoms. The van der Waals surface area contributed by atoms with Gasteiger partial charge in [0.15, 0.2) is 0 Å². The smallest absolute Gasteiger partial charge is 0.350 e. The quantitative estimate of drug-likeness (QED) is 0.462. The normalized spacial score (nSPS) is 30.8. The lowest BCUT2D eigenvalue weighted by molar-refractivity contribution is 0.0593. The van der Waals surface area contributed by atoms with Gasteiger partial charge in [-0.2, -0.15) is 0 Å². The summed E-state index contributed by atoms with van der Waals surface area (Å²) < 4.78 is 20.2. The fraction of sp³-hybridized carbons (Fsp3) is 1.00. The maximum absolute atomic E-state index is 10.4. The van der Waals surface area contributed by atoms with E-state index in [4.69, 9.17) is 27.1 Å². The van der Waals surface area contributed by atoms with Crippen LogP contribution in [-0.4, -0.2) is 42.7 Å². The summed E-state index contributed by atoms with van der Waals surface area (Å²) in [7, 11) is 1.31. The predicted molar refractivity (Wildman–Crippen MR) is 41.9 cm³/mol. The summed E-state index contributed by atoms with van der Waals surface area (Å²) in [5.41, 5.74) is 0. The van der Waals surface area contributed by atoms with E-state index in [1.54, 1.807) is 0 Å². The second kappa shape index (κ2) is 3.90. The van der Waals surface area contributed by atoms with Crippen molar-refractivity contribution in [2.24, 2.45) is 0 Å². The van der Waals surface area contributed by atoms with E-state index in [1.807, 2.05) is 0 Å². The Morgan fingerprint density at radius 1 is 1.67 bits per heavy atom. The summed E-state index contributed by atoms with van der Waals surface area (Å²) in [6.45, 7) is 0.307. The van der Waals surface area contributed by atoms with Gasteiger partial charge in [0.2, 0.25) is 0 Å². The van der Waals surface area contributed by atoms with Gasteiger partial charge in [-0.15, -0.1) is 0 Å². The van der Waals surface area contributed by atoms with Crippen molar-refractivity contribution in [2.45, 2.75) is 18.5 Å². The molecule has 2 N–H and O–H groups in total. The SMILES string of the molecule is [B][C@H]1C[C@H](OCP(=O)(O)O)CO1. The molecule has 12 heavy (non-hydrogen) atoms. The van der Waals surface area contributed by atoms with Crippen LogP contribution in [0.3, 0.4) is 0 Å². The van der Waals surface area contributed by atoms with Crippen molar-refractivity contribution >= 4 is 15.4 Å². The highest BCUT2D eigenvalue weighted by Crippen LogP contribution is 2.35. The Balaban J connectivity index is 2.21. The van der Waals surface area contributed by atoms with Crippen molar-refractivity contribution in [3.63, 3.8) is 0 Å². The maximum Gasteiger partial charge on any atom is 0.350 e. The van der Waals surface area contributed by atoms with E-state index in [0.29, 0.717) is 13.0 Å². The van der Waals surface area contributed by atoms with Gasteiger partial charge in [0.1, 0.15) is 14.2 Å². The van der Waals surface area contributed by atoms with Crippen LogP contribution >= 0.6 is 7.60 Å². The zero-order valence-electron chi connectivity index (χ0n) is 6.42. The van der Waals surface area contributed by atoms with E-state index in [0.717, 1.165) is 0 Å². The Morgan fingerprint density at radius 3 is 2.75 bits per heavy atom. The zero-order valence-corrected chi connectivity index (χ0v) is 7.31. The van der Waals surface area contributed by atoms with Gasteiger partial charge in [-0.25, -0.2) is 0 Å². The average molecular weight is 192 g/mol. The van der Waals surface area contributed by atoms with Crippen LogP contribution < -0.4 is 0 Å². The summed E-state index contributed by atoms with van der Waals surface area (Å²) in [5.74, 6) is 0. The number of hydrogen-bond acceptors (Lipinski definition) is 3. The Labute approximate surface area is 71.6 Å². The van der Waals surface area contributed by atoms with Gasteiger partial charge >= 0.3 is 7.60 Å². The highest BCUT2D eigenvalue weighted by Gasteiger charge is 2.24. The lowest BCUT2D eigenvalue weighted by atomic mass is 9.97. The first kappa shape index (κ1) is 10.2. The van der Waals surface area contributed by atoms with Gasteiger partial charge < -0.3 is 19.3 Å². The molecule has 0 unspecified atom stereocenters. The van der Waals surface area contributed by atoms with Crippen molar-refractivity contribution in [2.75, 3.05) is 13.0 Å². The average Bonchev–Trinajstić information content (AvgIpc) is 2.30. The van der Waals surface area contributed by atoms with Crippen LogP contribution in [0.4, 0.5) is 0 Å². The highest BCUT2D eigenvalue weighted by molar-refractivity contribution is 7.51. The molecule has 0 aromatic carbocycles. The van der Waals surface area contributed by atoms with Crippen LogP contribution in [0, 0.1) is 0 Å². The van der Waals surface area contributed by atoms with Gasteiger partial charge in [0, 0.05) is 6.00 Å². The van der Waals surface area contributed by atoms with E-state index in [2.05, 4.69) is 0 Å². The third-order valence-corrected chi connectivity index (χ3v) is 1.96. The molecule has 0 aromatic heterocycles. The fourth-order valence-electron chi connectivity index (χ4n) is 0.945. The third-order valence-electron chi connectivity index (χ3n) is 1.47. The van der Waals surface area contributed by atoms with Crippen LogP contribution in [0.25, 0.3) is 0 Å². The largest absolute Gasteiger partial charge is 0.385 e. The summed E-state index contributed by atoms with van der Waals surface area (Å²) in [5, 5.41) is 0. The van der Waals surface area contributed by atoms with Crippen LogP contribution in [-0.2, 0) is 14.0 Å². The molecule has 1 aliphatic rings. The zero-order chi connectivity index (χ0) is 9.19. The summed E-state index contributed by atoms with van der Waals surface area (Å²) >= 11 is 0. The van der Waals surface area contributed by atoms with E-state index < -0.39 is 13.9 Å². The van der Waals surface area contributed by atoms with Crippen LogP contribution in [0.5, 0.6) is 0 Å². The van der Waals surface area contributed by atoms with Crippen molar-refractivity contribution in [3.05, 3.63) is 0 Å². The Bertz CT molecular complexity index is 192. The summed E-state index contributed by atoms with van der Waals surface area (Å²) in [6.07, 6.45) is -0.360. The minimum atomic E-state index is -4.06. The molecular weight excluding hydrogens is 182 g/mol. The molecule has 1 heterocycles. The van der Waals surface area contributed by atoms with Gasteiger partial charge in [-0.05, 0) is 6.42 Å². The first-order chi connectivity index (χ1) is 5.47. The first-order valence-electron chi connectivity index (χ1n) is 3.51. The number of rotatable bonds is 3. The van der Waals surface area contributed by atoms with E-state index in [-0.39, 0.29) is 12.1 Å². The monoisotopic (exact) mass is 192 g/mol. The van der Waals surface area contributed by atoms with Crippen molar-refractivity contribution < 1.29 is 23.8 Å². The minimum Gasteiger partial charge on any atom is -0.385 e. The van der Waals surface area contributed by atoms with Gasteiger partial charge in [0.05, 0.1) is 12.7 Å². The Hall–Kier alpha value is 0.135. The lowest BCUT2D eigenvalue weighted by Crippen LogP contribution is -2.13. The maximum atomic E-state index is 10.4. The van der Waals surface area contributed by atoms with Crippen LogP contribution in [0.1, 0.15) is 6.42 Å². The predicted octanol–water partition coefficient (Wildman–Crippen LogP) is -0.578. The second-order valence-electron chi connectivity index (χ2n) is 2.69. The van der Waals surface area contributed by atoms with E-state index >= 15 is 0 Å². The molecule has 0 saturated carbocycles. The molecule has 1 saturated heterocycles. The Kier molecular flexibility index (Phi) is 3.32. The fourth-order valence-corrected chi connectivity index (χ4v) is 1.35. The summed E-state index contributed by atoms with van der Waals surface area (Å²) in [6, 6.07) is -0.369. The van der Waals surface area contributed by atoms with Crippen molar-refractivity contribution in [1.82, 2.24) is 0 Å². The third kappa shape index (κ3) is 3.69. The van der Waals surface area contributed by atoms with E-state index in [9.17, 15) is 4.57 Å². The number of hydrogen-bond donors (Lipinski definition) is 2. The molecular formula is C5H10BO5P. The van der Waals surface area contributed by atoms with E-state index in [1.165, 1.54) is 0 Å². The molecule has 0 amide bonds. The second-order valence-corrected chi connectivity index (χ2v) is 4.28.